The summed E-state index contributed by atoms with van der Waals surface area (Å²) < 4.78 is 2.43. The summed E-state index contributed by atoms with van der Waals surface area (Å²) in [5.74, 6) is 0. The minimum Gasteiger partial charge on any atom is -0.382 e. The standard InChI is InChI=1S/C15H18N3/c1-11-2-3-14(8-12(11)9-16)17-13-4-5-15-10-18(15)7-6-13/h2-3,7-8,13,15,17H,4-6,10H2,1H3/q+1/t13-,15?/m0/s1. The Labute approximate surface area is 108 Å². The first-order chi connectivity index (χ1) is 8.76. The molecule has 3 heteroatoms. The Morgan fingerprint density at radius 1 is 1.39 bits per heavy atom. The fourth-order valence-corrected chi connectivity index (χ4v) is 2.65. The summed E-state index contributed by atoms with van der Waals surface area (Å²) in [6, 6.07) is 9.61. The van der Waals surface area contributed by atoms with E-state index < -0.39 is 0 Å². The Morgan fingerprint density at radius 3 is 3.11 bits per heavy atom. The van der Waals surface area contributed by atoms with Gasteiger partial charge in [0.1, 0.15) is 6.21 Å². The molecule has 0 aliphatic carbocycles. The second-order valence-electron chi connectivity index (χ2n) is 5.33. The summed E-state index contributed by atoms with van der Waals surface area (Å²) in [7, 11) is 0. The lowest BCUT2D eigenvalue weighted by Gasteiger charge is -2.16. The van der Waals surface area contributed by atoms with Crippen molar-refractivity contribution < 1.29 is 4.58 Å². The van der Waals surface area contributed by atoms with Gasteiger partial charge in [-0.15, -0.1) is 0 Å². The molecule has 0 spiro atoms. The molecule has 0 saturated carbocycles. The van der Waals surface area contributed by atoms with E-state index in [-0.39, 0.29) is 0 Å². The summed E-state index contributed by atoms with van der Waals surface area (Å²) in [6.07, 6.45) is 5.92. The van der Waals surface area contributed by atoms with Crippen molar-refractivity contribution >= 4 is 11.9 Å². The third-order valence-electron chi connectivity index (χ3n) is 3.96. The van der Waals surface area contributed by atoms with Crippen molar-refractivity contribution in [2.45, 2.75) is 38.3 Å². The topological polar surface area (TPSA) is 38.8 Å². The molecule has 1 N–H and O–H groups in total. The highest BCUT2D eigenvalue weighted by molar-refractivity contribution is 5.57. The van der Waals surface area contributed by atoms with Gasteiger partial charge in [0.15, 0.2) is 0 Å². The maximum absolute atomic E-state index is 9.04. The largest absolute Gasteiger partial charge is 0.382 e. The van der Waals surface area contributed by atoms with Gasteiger partial charge in [0, 0.05) is 24.6 Å². The lowest BCUT2D eigenvalue weighted by Crippen LogP contribution is -2.20. The zero-order valence-electron chi connectivity index (χ0n) is 10.7. The Kier molecular flexibility index (Phi) is 2.79. The van der Waals surface area contributed by atoms with Gasteiger partial charge in [0.2, 0.25) is 12.6 Å². The second-order valence-corrected chi connectivity index (χ2v) is 5.33. The highest BCUT2D eigenvalue weighted by atomic mass is 15.2. The quantitative estimate of drug-likeness (QED) is 0.636. The van der Waals surface area contributed by atoms with E-state index in [2.05, 4.69) is 28.2 Å². The molecular weight excluding hydrogens is 222 g/mol. The molecule has 1 aromatic rings. The molecule has 1 fully saturated rings. The van der Waals surface area contributed by atoms with Crippen molar-refractivity contribution in [1.82, 2.24) is 0 Å². The number of benzene rings is 1. The predicted molar refractivity (Wildman–Crippen MR) is 72.1 cm³/mol. The van der Waals surface area contributed by atoms with Crippen LogP contribution >= 0.6 is 0 Å². The number of hydrogen-bond acceptors (Lipinski definition) is 2. The third-order valence-corrected chi connectivity index (χ3v) is 3.96. The number of nitrogens with one attached hydrogen (secondary N) is 1. The highest BCUT2D eigenvalue weighted by Crippen LogP contribution is 2.24. The summed E-state index contributed by atoms with van der Waals surface area (Å²) in [5, 5.41) is 12.6. The molecule has 0 radical (unpaired) electrons. The molecule has 2 aliphatic rings. The zero-order chi connectivity index (χ0) is 12.5. The van der Waals surface area contributed by atoms with Gasteiger partial charge in [0.25, 0.3) is 0 Å². The van der Waals surface area contributed by atoms with Crippen molar-refractivity contribution in [3.63, 3.8) is 0 Å². The smallest absolute Gasteiger partial charge is 0.210 e. The molecule has 0 aromatic heterocycles. The van der Waals surface area contributed by atoms with Crippen LogP contribution in [0.4, 0.5) is 5.69 Å². The van der Waals surface area contributed by atoms with E-state index in [4.69, 9.17) is 5.26 Å². The SMILES string of the molecule is Cc1ccc(N[C@@H]2CC=[N+]3CC3CC2)cc1C#N. The van der Waals surface area contributed by atoms with Crippen molar-refractivity contribution in [1.29, 1.82) is 5.26 Å². The molecule has 2 aliphatic heterocycles. The van der Waals surface area contributed by atoms with Crippen LogP contribution in [0.2, 0.25) is 0 Å². The minimum atomic E-state index is 0.507. The van der Waals surface area contributed by atoms with Crippen LogP contribution in [0.1, 0.15) is 30.4 Å². The molecular formula is C15H18N3+. The van der Waals surface area contributed by atoms with Crippen LogP contribution in [0.5, 0.6) is 0 Å². The van der Waals surface area contributed by atoms with Crippen molar-refractivity contribution in [3.05, 3.63) is 29.3 Å². The first-order valence-electron chi connectivity index (χ1n) is 6.62. The van der Waals surface area contributed by atoms with E-state index in [1.807, 2.05) is 19.1 Å². The minimum absolute atomic E-state index is 0.507. The van der Waals surface area contributed by atoms with Crippen LogP contribution in [-0.2, 0) is 0 Å². The summed E-state index contributed by atoms with van der Waals surface area (Å²) in [6.45, 7) is 3.23. The van der Waals surface area contributed by atoms with E-state index in [1.165, 1.54) is 19.4 Å². The first-order valence-corrected chi connectivity index (χ1v) is 6.62. The van der Waals surface area contributed by atoms with Crippen LogP contribution in [-0.4, -0.2) is 29.4 Å². The number of rotatable bonds is 2. The fraction of sp³-hybridized carbons (Fsp3) is 0.467. The molecule has 1 saturated heterocycles. The van der Waals surface area contributed by atoms with E-state index in [9.17, 15) is 0 Å². The average molecular weight is 240 g/mol. The first kappa shape index (κ1) is 11.3. The van der Waals surface area contributed by atoms with Gasteiger partial charge in [-0.05, 0) is 31.0 Å². The highest BCUT2D eigenvalue weighted by Gasteiger charge is 2.41. The van der Waals surface area contributed by atoms with E-state index >= 15 is 0 Å². The van der Waals surface area contributed by atoms with Crippen LogP contribution in [0.25, 0.3) is 0 Å². The van der Waals surface area contributed by atoms with Crippen LogP contribution in [0.15, 0.2) is 18.2 Å². The number of aryl methyl sites for hydroxylation is 1. The number of hydrogen-bond donors (Lipinski definition) is 1. The summed E-state index contributed by atoms with van der Waals surface area (Å²) in [5.41, 5.74) is 2.88. The van der Waals surface area contributed by atoms with Crippen molar-refractivity contribution in [3.8, 4) is 6.07 Å². The Bertz CT molecular complexity index is 539. The maximum Gasteiger partial charge on any atom is 0.210 e. The third kappa shape index (κ3) is 2.24. The summed E-state index contributed by atoms with van der Waals surface area (Å²) in [4.78, 5) is 0. The number of nitrogens with zero attached hydrogens (tertiary/aromatic N) is 2. The lowest BCUT2D eigenvalue weighted by atomic mass is 10.1. The van der Waals surface area contributed by atoms with Crippen molar-refractivity contribution in [2.24, 2.45) is 0 Å². The van der Waals surface area contributed by atoms with Gasteiger partial charge >= 0.3 is 0 Å². The molecule has 3 rings (SSSR count). The van der Waals surface area contributed by atoms with Gasteiger partial charge in [-0.25, -0.2) is 4.58 Å². The molecule has 2 heterocycles. The van der Waals surface area contributed by atoms with Gasteiger partial charge in [-0.1, -0.05) is 6.07 Å². The number of anilines is 1. The predicted octanol–water partition coefficient (Wildman–Crippen LogP) is 2.30. The number of nitriles is 1. The normalized spacial score (nSPS) is 25.4. The molecule has 1 aromatic carbocycles. The molecule has 18 heavy (non-hydrogen) atoms. The molecule has 1 unspecified atom stereocenters. The molecule has 0 amide bonds. The summed E-state index contributed by atoms with van der Waals surface area (Å²) >= 11 is 0. The van der Waals surface area contributed by atoms with Crippen molar-refractivity contribution in [2.75, 3.05) is 11.9 Å². The van der Waals surface area contributed by atoms with Gasteiger partial charge < -0.3 is 5.32 Å². The zero-order valence-corrected chi connectivity index (χ0v) is 10.7. The molecule has 92 valence electrons. The van der Waals surface area contributed by atoms with Crippen LogP contribution in [0, 0.1) is 18.3 Å². The Morgan fingerprint density at radius 2 is 2.28 bits per heavy atom. The monoisotopic (exact) mass is 240 g/mol. The van der Waals surface area contributed by atoms with Crippen LogP contribution < -0.4 is 5.32 Å². The van der Waals surface area contributed by atoms with Crippen LogP contribution in [0.3, 0.4) is 0 Å². The molecule has 2 atom stereocenters. The Hall–Kier alpha value is -1.82. The fourth-order valence-electron chi connectivity index (χ4n) is 2.65. The Balaban J connectivity index is 1.71. The average Bonchev–Trinajstić information content (AvgIpc) is 3.13. The second kappa shape index (κ2) is 4.45. The van der Waals surface area contributed by atoms with E-state index in [1.54, 1.807) is 0 Å². The van der Waals surface area contributed by atoms with Gasteiger partial charge in [0.05, 0.1) is 11.6 Å². The lowest BCUT2D eigenvalue weighted by molar-refractivity contribution is -0.355. The molecule has 0 bridgehead atoms. The van der Waals surface area contributed by atoms with Gasteiger partial charge in [-0.3, -0.25) is 0 Å². The van der Waals surface area contributed by atoms with Gasteiger partial charge in [-0.2, -0.15) is 5.26 Å². The van der Waals surface area contributed by atoms with E-state index in [0.29, 0.717) is 6.04 Å². The number of fused-ring (bicyclic) bond motifs is 1. The van der Waals surface area contributed by atoms with E-state index in [0.717, 1.165) is 29.3 Å². The molecule has 3 nitrogen and oxygen atoms in total. The maximum atomic E-state index is 9.04.